The van der Waals surface area contributed by atoms with E-state index in [4.69, 9.17) is 21.6 Å². The molecule has 17 heavy (non-hydrogen) atoms. The first-order chi connectivity index (χ1) is 8.19. The molecule has 1 rings (SSSR count). The van der Waals surface area contributed by atoms with Crippen molar-refractivity contribution in [2.45, 2.75) is 11.8 Å². The second-order valence-corrected chi connectivity index (χ2v) is 4.18. The molecule has 0 aromatic heterocycles. The predicted molar refractivity (Wildman–Crippen MR) is 62.8 cm³/mol. The number of hydrogen-bond acceptors (Lipinski definition) is 6. The highest BCUT2D eigenvalue weighted by Gasteiger charge is 2.11. The lowest BCUT2D eigenvalue weighted by Crippen LogP contribution is -2.08. The summed E-state index contributed by atoms with van der Waals surface area (Å²) in [7, 11) is 0. The molecule has 0 fully saturated rings. The first kappa shape index (κ1) is 14.3. The zero-order valence-electron chi connectivity index (χ0n) is 9.01. The van der Waals surface area contributed by atoms with Gasteiger partial charge in [-0.1, -0.05) is 5.04 Å². The first-order valence-electron chi connectivity index (χ1n) is 4.67. The lowest BCUT2D eigenvalue weighted by Gasteiger charge is -2.07. The first-order valence-corrected chi connectivity index (χ1v) is 5.95. The molecule has 0 amide bonds. The van der Waals surface area contributed by atoms with Gasteiger partial charge in [-0.05, 0) is 30.7 Å². The van der Waals surface area contributed by atoms with E-state index in [0.29, 0.717) is 10.5 Å². The van der Waals surface area contributed by atoms with Crippen LogP contribution in [0, 0.1) is 6.92 Å². The van der Waals surface area contributed by atoms with Gasteiger partial charge in [-0.15, -0.1) is 15.9 Å². The molecule has 94 valence electrons. The van der Waals surface area contributed by atoms with Crippen molar-refractivity contribution in [3.8, 4) is 0 Å². The van der Waals surface area contributed by atoms with Crippen LogP contribution >= 0.6 is 23.6 Å². The zero-order valence-corrected chi connectivity index (χ0v) is 10.6. The van der Waals surface area contributed by atoms with Gasteiger partial charge in [0.25, 0.3) is 0 Å². The second-order valence-electron chi connectivity index (χ2n) is 3.03. The fourth-order valence-electron chi connectivity index (χ4n) is 1.18. The van der Waals surface area contributed by atoms with Gasteiger partial charge in [-0.3, -0.25) is 0 Å². The largest absolute Gasteiger partial charge is 0.461 e. The Balaban J connectivity index is 2.71. The Labute approximate surface area is 108 Å². The maximum Gasteiger partial charge on any atom is 0.338 e. The number of alkyl halides is 1. The molecule has 1 aromatic rings. The third-order valence-electron chi connectivity index (χ3n) is 1.89. The molecule has 0 aliphatic carbocycles. The average molecular weight is 279 g/mol. The maximum atomic E-state index is 11.6. The van der Waals surface area contributed by atoms with E-state index >= 15 is 0 Å². The van der Waals surface area contributed by atoms with Crippen LogP contribution in [0.5, 0.6) is 0 Å². The predicted octanol–water partition coefficient (Wildman–Crippen LogP) is 2.82. The van der Waals surface area contributed by atoms with Crippen LogP contribution in [0.4, 0.5) is 0 Å². The maximum absolute atomic E-state index is 11.6. The Morgan fingerprint density at radius 1 is 1.53 bits per heavy atom. The Hall–Kier alpha value is -0.790. The molecule has 0 heterocycles. The van der Waals surface area contributed by atoms with E-state index in [1.54, 1.807) is 25.1 Å². The molecule has 1 aromatic carbocycles. The number of halogens is 1. The minimum atomic E-state index is -0.418. The Bertz CT molecular complexity index is 385. The normalized spacial score (nSPS) is 10.3. The van der Waals surface area contributed by atoms with Crippen LogP contribution in [0.1, 0.15) is 15.9 Å². The third kappa shape index (κ3) is 4.53. The summed E-state index contributed by atoms with van der Waals surface area (Å²) in [6.07, 6.45) is 0. The summed E-state index contributed by atoms with van der Waals surface area (Å²) in [6.45, 7) is 1.94. The number of aryl methyl sites for hydroxylation is 1. The monoisotopic (exact) mass is 278 g/mol. The highest BCUT2D eigenvalue weighted by molar-refractivity contribution is 7.94. The number of hydrogen-bond donors (Lipinski definition) is 1. The van der Waals surface area contributed by atoms with Gasteiger partial charge in [-0.2, -0.15) is 0 Å². The highest BCUT2D eigenvalue weighted by Crippen LogP contribution is 2.22. The number of esters is 1. The van der Waals surface area contributed by atoms with Gasteiger partial charge in [0, 0.05) is 4.90 Å². The number of rotatable bonds is 6. The molecule has 5 nitrogen and oxygen atoms in total. The molecule has 0 saturated carbocycles. The summed E-state index contributed by atoms with van der Waals surface area (Å²) in [5.41, 5.74) is 1.19. The smallest absolute Gasteiger partial charge is 0.338 e. The van der Waals surface area contributed by atoms with Crippen LogP contribution in [0.25, 0.3) is 0 Å². The van der Waals surface area contributed by atoms with Crippen LogP contribution < -0.4 is 0 Å². The van der Waals surface area contributed by atoms with Gasteiger partial charge >= 0.3 is 5.97 Å². The van der Waals surface area contributed by atoms with Crippen molar-refractivity contribution >= 4 is 29.6 Å². The van der Waals surface area contributed by atoms with E-state index in [2.05, 4.69) is 9.37 Å². The third-order valence-corrected chi connectivity index (χ3v) is 2.62. The average Bonchev–Trinajstić information content (AvgIpc) is 2.33. The highest BCUT2D eigenvalue weighted by atomic mass is 35.5. The summed E-state index contributed by atoms with van der Waals surface area (Å²) < 4.78 is 9.18. The van der Waals surface area contributed by atoms with Gasteiger partial charge < -0.3 is 4.74 Å². The topological polar surface area (TPSA) is 65.0 Å². The van der Waals surface area contributed by atoms with Gasteiger partial charge in [-0.25, -0.2) is 10.1 Å². The fourth-order valence-corrected chi connectivity index (χ4v) is 1.72. The molecular weight excluding hydrogens is 268 g/mol. The molecule has 0 unspecified atom stereocenters. The van der Waals surface area contributed by atoms with Crippen LogP contribution in [0.15, 0.2) is 23.1 Å². The van der Waals surface area contributed by atoms with Crippen molar-refractivity contribution in [1.29, 1.82) is 0 Å². The van der Waals surface area contributed by atoms with E-state index in [1.165, 1.54) is 0 Å². The van der Waals surface area contributed by atoms with Gasteiger partial charge in [0.2, 0.25) is 0 Å². The quantitative estimate of drug-likeness (QED) is 0.284. The summed E-state index contributed by atoms with van der Waals surface area (Å²) in [5.74, 6) is -0.153. The van der Waals surface area contributed by atoms with Crippen LogP contribution in [-0.2, 0) is 14.1 Å². The molecule has 7 heteroatoms. The molecule has 0 radical (unpaired) electrons. The summed E-state index contributed by atoms with van der Waals surface area (Å²) in [4.78, 5) is 12.3. The lowest BCUT2D eigenvalue weighted by molar-refractivity contribution is -0.432. The fraction of sp³-hybridized carbons (Fsp3) is 0.300. The van der Waals surface area contributed by atoms with Gasteiger partial charge in [0.15, 0.2) is 0 Å². The minimum absolute atomic E-state index is 0.178. The summed E-state index contributed by atoms with van der Waals surface area (Å²) in [5, 5.41) is 11.5. The van der Waals surface area contributed by atoms with Crippen molar-refractivity contribution in [2.75, 3.05) is 12.5 Å². The number of ether oxygens (including phenoxy) is 1. The molecular formula is C10H11ClO5S. The van der Waals surface area contributed by atoms with E-state index in [-0.39, 0.29) is 12.5 Å². The number of carbonyl (C=O) groups excluding carboxylic acids is 1. The van der Waals surface area contributed by atoms with Crippen molar-refractivity contribution in [3.05, 3.63) is 29.3 Å². The Morgan fingerprint density at radius 2 is 2.29 bits per heavy atom. The zero-order chi connectivity index (χ0) is 12.7. The standard InChI is InChI=1S/C10H11ClO5S/c1-7-6-8(17-16-15-13)2-3-9(7)10(12)14-5-4-11/h2-3,6,13H,4-5H2,1H3. The van der Waals surface area contributed by atoms with Gasteiger partial charge in [0.1, 0.15) is 6.61 Å². The molecule has 0 aliphatic heterocycles. The van der Waals surface area contributed by atoms with E-state index in [0.717, 1.165) is 17.6 Å². The van der Waals surface area contributed by atoms with Crippen LogP contribution in [0.3, 0.4) is 0 Å². The van der Waals surface area contributed by atoms with Crippen LogP contribution in [0.2, 0.25) is 0 Å². The Morgan fingerprint density at radius 3 is 2.88 bits per heavy atom. The van der Waals surface area contributed by atoms with E-state index in [9.17, 15) is 4.79 Å². The lowest BCUT2D eigenvalue weighted by atomic mass is 10.1. The molecule has 0 atom stereocenters. The number of benzene rings is 1. The van der Waals surface area contributed by atoms with Crippen molar-refractivity contribution in [1.82, 2.24) is 0 Å². The van der Waals surface area contributed by atoms with Crippen molar-refractivity contribution in [3.63, 3.8) is 0 Å². The second kappa shape index (κ2) is 7.52. The molecule has 0 saturated heterocycles. The van der Waals surface area contributed by atoms with Crippen molar-refractivity contribution in [2.24, 2.45) is 0 Å². The summed E-state index contributed by atoms with van der Waals surface area (Å²) >= 11 is 6.25. The van der Waals surface area contributed by atoms with Gasteiger partial charge in [0.05, 0.1) is 23.5 Å². The molecule has 0 aliphatic rings. The van der Waals surface area contributed by atoms with E-state index in [1.807, 2.05) is 0 Å². The molecule has 0 bridgehead atoms. The summed E-state index contributed by atoms with van der Waals surface area (Å²) in [6, 6.07) is 4.96. The van der Waals surface area contributed by atoms with E-state index < -0.39 is 5.97 Å². The number of carbonyl (C=O) groups is 1. The van der Waals surface area contributed by atoms with Crippen LogP contribution in [-0.4, -0.2) is 23.7 Å². The van der Waals surface area contributed by atoms with Crippen molar-refractivity contribution < 1.29 is 24.2 Å². The molecule has 1 N–H and O–H groups in total. The SMILES string of the molecule is Cc1cc(SOOO)ccc1C(=O)OCCCl. The molecule has 0 spiro atoms. The minimum Gasteiger partial charge on any atom is -0.461 e. The Kier molecular flexibility index (Phi) is 6.31.